The van der Waals surface area contributed by atoms with Crippen LogP contribution in [0.2, 0.25) is 0 Å². The number of nitrogens with zero attached hydrogens (tertiary/aromatic N) is 2. The van der Waals surface area contributed by atoms with Crippen LogP contribution in [0.5, 0.6) is 5.75 Å². The van der Waals surface area contributed by atoms with Crippen LogP contribution in [0.4, 0.5) is 5.95 Å². The number of aryl methyl sites for hydroxylation is 4. The van der Waals surface area contributed by atoms with Crippen molar-refractivity contribution in [2.24, 2.45) is 0 Å². The lowest BCUT2D eigenvalue weighted by molar-refractivity contribution is -0.142. The Bertz CT molecular complexity index is 1250. The molecule has 37 heavy (non-hydrogen) atoms. The number of amides is 2. The second-order valence-corrected chi connectivity index (χ2v) is 9.40. The predicted octanol–water partition coefficient (Wildman–Crippen LogP) is 2.92. The van der Waals surface area contributed by atoms with Crippen LogP contribution in [-0.4, -0.2) is 59.1 Å². The van der Waals surface area contributed by atoms with Gasteiger partial charge in [-0.2, -0.15) is 0 Å². The smallest absolute Gasteiger partial charge is 0.330 e. The van der Waals surface area contributed by atoms with Crippen molar-refractivity contribution in [3.63, 3.8) is 0 Å². The van der Waals surface area contributed by atoms with E-state index in [1.807, 2.05) is 24.4 Å². The van der Waals surface area contributed by atoms with Crippen LogP contribution < -0.4 is 16.0 Å². The van der Waals surface area contributed by atoms with E-state index in [2.05, 4.69) is 25.9 Å². The summed E-state index contributed by atoms with van der Waals surface area (Å²) >= 11 is 1.30. The minimum absolute atomic E-state index is 0.133. The van der Waals surface area contributed by atoms with Gasteiger partial charge in [-0.15, -0.1) is 11.3 Å². The molecule has 11 heteroatoms. The third-order valence-corrected chi connectivity index (χ3v) is 6.68. The Kier molecular flexibility index (Phi) is 9.56. The molecule has 0 aliphatic heterocycles. The number of nitrogens with one attached hydrogen (secondary N) is 3. The van der Waals surface area contributed by atoms with E-state index in [1.165, 1.54) is 18.4 Å². The number of carbonyl (C=O) groups is 3. The maximum absolute atomic E-state index is 13.1. The predicted molar refractivity (Wildman–Crippen MR) is 141 cm³/mol. The second kappa shape index (κ2) is 12.8. The summed E-state index contributed by atoms with van der Waals surface area (Å²) in [4.78, 5) is 47.1. The highest BCUT2D eigenvalue weighted by Crippen LogP contribution is 2.16. The number of benzene rings is 1. The van der Waals surface area contributed by atoms with Crippen molar-refractivity contribution in [3.05, 3.63) is 68.7 Å². The molecule has 2 heterocycles. The van der Waals surface area contributed by atoms with Crippen molar-refractivity contribution in [2.75, 3.05) is 25.5 Å². The number of ether oxygens (including phenoxy) is 1. The maximum Gasteiger partial charge on any atom is 0.330 e. The number of carbonyl (C=O) groups excluding carboxylic acids is 3. The topological polar surface area (TPSA) is 143 Å². The fraction of sp³-hybridized carbons (Fsp3) is 0.346. The van der Waals surface area contributed by atoms with Crippen LogP contribution in [0.1, 0.15) is 49.0 Å². The summed E-state index contributed by atoms with van der Waals surface area (Å²) in [6, 6.07) is 7.87. The molecule has 0 fully saturated rings. The van der Waals surface area contributed by atoms with E-state index >= 15 is 0 Å². The molecule has 0 spiro atoms. The van der Waals surface area contributed by atoms with Crippen LogP contribution in [0.3, 0.4) is 0 Å². The number of thiophene rings is 1. The number of phenolic OH excluding ortho intramolecular Hbond substituents is 1. The van der Waals surface area contributed by atoms with Crippen molar-refractivity contribution < 1.29 is 24.2 Å². The first kappa shape index (κ1) is 27.6. The van der Waals surface area contributed by atoms with Crippen molar-refractivity contribution >= 4 is 35.1 Å². The highest BCUT2D eigenvalue weighted by molar-refractivity contribution is 7.12. The molecule has 0 unspecified atom stereocenters. The van der Waals surface area contributed by atoms with Crippen molar-refractivity contribution in [2.45, 2.75) is 39.7 Å². The number of hydrogen-bond donors (Lipinski definition) is 4. The molecule has 2 amide bonds. The molecular formula is C26H31N5O5S. The molecule has 3 aromatic rings. The summed E-state index contributed by atoms with van der Waals surface area (Å²) < 4.78 is 4.81. The zero-order chi connectivity index (χ0) is 26.9. The van der Waals surface area contributed by atoms with Gasteiger partial charge in [-0.05, 0) is 68.3 Å². The summed E-state index contributed by atoms with van der Waals surface area (Å²) in [7, 11) is 1.22. The van der Waals surface area contributed by atoms with E-state index in [4.69, 9.17) is 4.74 Å². The van der Waals surface area contributed by atoms with Crippen molar-refractivity contribution in [1.29, 1.82) is 0 Å². The van der Waals surface area contributed by atoms with Gasteiger partial charge in [-0.25, -0.2) is 14.8 Å². The second-order valence-electron chi connectivity index (χ2n) is 8.49. The number of aromatic hydroxyl groups is 1. The highest BCUT2D eigenvalue weighted by Gasteiger charge is 2.26. The van der Waals surface area contributed by atoms with Gasteiger partial charge in [0.2, 0.25) is 5.95 Å². The standard InChI is InChI=1S/C26H31N5O5S/c1-15-10-12-37-22(15)24(34)28-14-20(25(35)36-4)31-23(33)21-16(2)29-26(30-17(21)3)27-11-6-8-18-7-5-9-19(32)13-18/h5,7,9-10,12-13,20,32H,6,8,11,14H2,1-4H3,(H,28,34)(H,31,33)(H,27,29,30)/t20-/m0/s1. The van der Waals surface area contributed by atoms with E-state index in [0.717, 1.165) is 24.0 Å². The number of methoxy groups -OCH3 is 1. The minimum Gasteiger partial charge on any atom is -0.508 e. The van der Waals surface area contributed by atoms with Crippen LogP contribution in [0.25, 0.3) is 0 Å². The summed E-state index contributed by atoms with van der Waals surface area (Å²) in [5.74, 6) is -0.917. The minimum atomic E-state index is -1.09. The number of esters is 1. The van der Waals surface area contributed by atoms with Gasteiger partial charge >= 0.3 is 5.97 Å². The number of hydrogen-bond acceptors (Lipinski definition) is 9. The summed E-state index contributed by atoms with van der Waals surface area (Å²) in [5.41, 5.74) is 3.01. The Morgan fingerprint density at radius 3 is 2.43 bits per heavy atom. The molecule has 0 saturated carbocycles. The van der Waals surface area contributed by atoms with E-state index in [0.29, 0.717) is 28.8 Å². The quantitative estimate of drug-likeness (QED) is 0.221. The Labute approximate surface area is 219 Å². The normalized spacial score (nSPS) is 11.5. The zero-order valence-corrected chi connectivity index (χ0v) is 22.1. The molecule has 0 saturated heterocycles. The first-order valence-electron chi connectivity index (χ1n) is 11.8. The number of aromatic nitrogens is 2. The Morgan fingerprint density at radius 2 is 1.81 bits per heavy atom. The summed E-state index contributed by atoms with van der Waals surface area (Å²) in [6.45, 7) is 5.68. The molecule has 1 atom stereocenters. The number of anilines is 1. The molecule has 10 nitrogen and oxygen atoms in total. The summed E-state index contributed by atoms with van der Waals surface area (Å²) in [5, 5.41) is 19.8. The molecule has 196 valence electrons. The van der Waals surface area contributed by atoms with E-state index in [-0.39, 0.29) is 23.8 Å². The van der Waals surface area contributed by atoms with Gasteiger partial charge in [0.05, 0.1) is 28.9 Å². The fourth-order valence-corrected chi connectivity index (χ4v) is 4.62. The van der Waals surface area contributed by atoms with E-state index < -0.39 is 17.9 Å². The molecule has 0 aliphatic carbocycles. The molecule has 2 aromatic heterocycles. The van der Waals surface area contributed by atoms with Crippen molar-refractivity contribution in [1.82, 2.24) is 20.6 Å². The van der Waals surface area contributed by atoms with Gasteiger partial charge in [0, 0.05) is 13.1 Å². The third kappa shape index (κ3) is 7.50. The number of rotatable bonds is 11. The maximum atomic E-state index is 13.1. The van der Waals surface area contributed by atoms with Gasteiger partial charge in [-0.1, -0.05) is 12.1 Å². The number of phenols is 1. The lowest BCUT2D eigenvalue weighted by atomic mass is 10.1. The van der Waals surface area contributed by atoms with Gasteiger partial charge in [-0.3, -0.25) is 9.59 Å². The average molecular weight is 526 g/mol. The van der Waals surface area contributed by atoms with Crippen LogP contribution in [0, 0.1) is 20.8 Å². The van der Waals surface area contributed by atoms with Gasteiger partial charge in [0.15, 0.2) is 0 Å². The molecule has 4 N–H and O–H groups in total. The Hall–Kier alpha value is -3.99. The highest BCUT2D eigenvalue weighted by atomic mass is 32.1. The fourth-order valence-electron chi connectivity index (χ4n) is 3.78. The monoisotopic (exact) mass is 525 g/mol. The Balaban J connectivity index is 1.60. The van der Waals surface area contributed by atoms with Crippen LogP contribution >= 0.6 is 11.3 Å². The van der Waals surface area contributed by atoms with Crippen LogP contribution in [0.15, 0.2) is 35.7 Å². The molecular weight excluding hydrogens is 494 g/mol. The average Bonchev–Trinajstić information content (AvgIpc) is 3.29. The van der Waals surface area contributed by atoms with E-state index in [9.17, 15) is 19.5 Å². The first-order chi connectivity index (χ1) is 17.7. The largest absolute Gasteiger partial charge is 0.508 e. The first-order valence-corrected chi connectivity index (χ1v) is 12.7. The third-order valence-electron chi connectivity index (χ3n) is 5.66. The zero-order valence-electron chi connectivity index (χ0n) is 21.3. The van der Waals surface area contributed by atoms with E-state index in [1.54, 1.807) is 32.0 Å². The molecule has 0 bridgehead atoms. The molecule has 3 rings (SSSR count). The molecule has 0 aliphatic rings. The lowest BCUT2D eigenvalue weighted by Gasteiger charge is -2.18. The molecule has 0 radical (unpaired) electrons. The molecule has 1 aromatic carbocycles. The lowest BCUT2D eigenvalue weighted by Crippen LogP contribution is -2.49. The summed E-state index contributed by atoms with van der Waals surface area (Å²) in [6.07, 6.45) is 1.57. The van der Waals surface area contributed by atoms with Gasteiger partial charge < -0.3 is 25.8 Å². The SMILES string of the molecule is COC(=O)[C@H](CNC(=O)c1sccc1C)NC(=O)c1c(C)nc(NCCCc2cccc(O)c2)nc1C. The van der Waals surface area contributed by atoms with Gasteiger partial charge in [0.1, 0.15) is 11.8 Å². The van der Waals surface area contributed by atoms with Gasteiger partial charge in [0.25, 0.3) is 11.8 Å². The Morgan fingerprint density at radius 1 is 1.08 bits per heavy atom. The van der Waals surface area contributed by atoms with Crippen LogP contribution in [-0.2, 0) is 16.0 Å². The van der Waals surface area contributed by atoms with Crippen molar-refractivity contribution in [3.8, 4) is 5.75 Å².